The molecule has 6 heteroatoms. The van der Waals surface area contributed by atoms with E-state index in [4.69, 9.17) is 9.47 Å². The van der Waals surface area contributed by atoms with Gasteiger partial charge in [0.25, 0.3) is 11.8 Å². The highest BCUT2D eigenvalue weighted by molar-refractivity contribution is 6.36. The molecule has 0 saturated carbocycles. The fraction of sp³-hybridized carbons (Fsp3) is 0.158. The van der Waals surface area contributed by atoms with Crippen LogP contribution in [0.2, 0.25) is 0 Å². The zero-order chi connectivity index (χ0) is 17.4. The smallest absolute Gasteiger partial charge is 0.277 e. The molecule has 126 valence electrons. The molecule has 0 atom stereocenters. The Hall–Kier alpha value is -3.28. The first-order valence-corrected chi connectivity index (χ1v) is 7.94. The second-order valence-corrected chi connectivity index (χ2v) is 5.77. The van der Waals surface area contributed by atoms with E-state index in [9.17, 15) is 9.59 Å². The molecular formula is C19H16N2O4. The summed E-state index contributed by atoms with van der Waals surface area (Å²) >= 11 is 0. The van der Waals surface area contributed by atoms with Gasteiger partial charge >= 0.3 is 0 Å². The number of likely N-dealkylation sites (N-methyl/N-ethyl adjacent to an activating group) is 1. The first-order valence-electron chi connectivity index (χ1n) is 7.94. The predicted octanol–water partition coefficient (Wildman–Crippen LogP) is 2.28. The Morgan fingerprint density at radius 3 is 2.40 bits per heavy atom. The lowest BCUT2D eigenvalue weighted by atomic mass is 10.0. The summed E-state index contributed by atoms with van der Waals surface area (Å²) in [5, 5.41) is 3.08. The summed E-state index contributed by atoms with van der Waals surface area (Å²) in [5.74, 6) is 0.596. The Morgan fingerprint density at radius 2 is 1.64 bits per heavy atom. The van der Waals surface area contributed by atoms with E-state index in [0.717, 1.165) is 4.90 Å². The van der Waals surface area contributed by atoms with Crippen molar-refractivity contribution in [3.8, 4) is 11.5 Å². The molecule has 0 spiro atoms. The van der Waals surface area contributed by atoms with Crippen LogP contribution in [-0.2, 0) is 9.59 Å². The van der Waals surface area contributed by atoms with Gasteiger partial charge in [0.2, 0.25) is 0 Å². The van der Waals surface area contributed by atoms with Gasteiger partial charge in [-0.25, -0.2) is 0 Å². The topological polar surface area (TPSA) is 67.9 Å². The molecule has 0 radical (unpaired) electrons. The zero-order valence-corrected chi connectivity index (χ0v) is 13.6. The van der Waals surface area contributed by atoms with Gasteiger partial charge in [-0.2, -0.15) is 0 Å². The summed E-state index contributed by atoms with van der Waals surface area (Å²) in [5.41, 5.74) is 1.98. The average Bonchev–Trinajstić information content (AvgIpc) is 2.86. The highest BCUT2D eigenvalue weighted by Gasteiger charge is 2.36. The van der Waals surface area contributed by atoms with Gasteiger partial charge < -0.3 is 14.8 Å². The first kappa shape index (κ1) is 15.3. The van der Waals surface area contributed by atoms with Crippen LogP contribution in [0.25, 0.3) is 5.57 Å². The van der Waals surface area contributed by atoms with Gasteiger partial charge in [-0.1, -0.05) is 30.3 Å². The Balaban J connectivity index is 1.74. The van der Waals surface area contributed by atoms with Crippen molar-refractivity contribution in [3.63, 3.8) is 0 Å². The molecule has 0 fully saturated rings. The lowest BCUT2D eigenvalue weighted by Crippen LogP contribution is -2.27. The standard InChI is InChI=1S/C19H16N2O4/c1-21-18(22)16(12-5-3-2-4-6-12)17(19(21)23)20-13-7-8-14-15(11-13)25-10-9-24-14/h2-8,11,20H,9-10H2,1H3. The van der Waals surface area contributed by atoms with Crippen LogP contribution >= 0.6 is 0 Å². The van der Waals surface area contributed by atoms with Gasteiger partial charge in [-0.15, -0.1) is 0 Å². The summed E-state index contributed by atoms with van der Waals surface area (Å²) in [6.07, 6.45) is 0. The summed E-state index contributed by atoms with van der Waals surface area (Å²) in [6, 6.07) is 14.5. The van der Waals surface area contributed by atoms with Crippen LogP contribution in [0.3, 0.4) is 0 Å². The van der Waals surface area contributed by atoms with Crippen molar-refractivity contribution in [1.82, 2.24) is 4.90 Å². The van der Waals surface area contributed by atoms with Crippen molar-refractivity contribution in [2.75, 3.05) is 25.6 Å². The second kappa shape index (κ2) is 5.98. The van der Waals surface area contributed by atoms with Crippen LogP contribution in [0, 0.1) is 0 Å². The van der Waals surface area contributed by atoms with Gasteiger partial charge in [0, 0.05) is 18.8 Å². The fourth-order valence-corrected chi connectivity index (χ4v) is 2.90. The Labute approximate surface area is 144 Å². The molecule has 4 rings (SSSR count). The Bertz CT molecular complexity index is 890. The molecule has 0 bridgehead atoms. The number of nitrogens with one attached hydrogen (secondary N) is 1. The van der Waals surface area contributed by atoms with Crippen molar-refractivity contribution in [3.05, 3.63) is 59.8 Å². The van der Waals surface area contributed by atoms with E-state index in [-0.39, 0.29) is 17.5 Å². The molecule has 2 aliphatic rings. The van der Waals surface area contributed by atoms with E-state index in [2.05, 4.69) is 5.32 Å². The summed E-state index contributed by atoms with van der Waals surface area (Å²) in [7, 11) is 1.48. The molecule has 2 heterocycles. The number of rotatable bonds is 3. The van der Waals surface area contributed by atoms with Gasteiger partial charge in [0.15, 0.2) is 11.5 Å². The number of anilines is 1. The maximum atomic E-state index is 12.5. The number of imide groups is 1. The van der Waals surface area contributed by atoms with E-state index in [1.807, 2.05) is 30.3 Å². The van der Waals surface area contributed by atoms with Crippen molar-refractivity contribution in [2.45, 2.75) is 0 Å². The molecule has 25 heavy (non-hydrogen) atoms. The maximum absolute atomic E-state index is 12.5. The van der Waals surface area contributed by atoms with Gasteiger partial charge in [0.1, 0.15) is 18.9 Å². The average molecular weight is 336 g/mol. The van der Waals surface area contributed by atoms with Crippen molar-refractivity contribution >= 4 is 23.1 Å². The lowest BCUT2D eigenvalue weighted by Gasteiger charge is -2.19. The normalized spacial score (nSPS) is 16.4. The zero-order valence-electron chi connectivity index (χ0n) is 13.6. The van der Waals surface area contributed by atoms with E-state index in [1.165, 1.54) is 7.05 Å². The van der Waals surface area contributed by atoms with Gasteiger partial charge in [-0.3, -0.25) is 14.5 Å². The van der Waals surface area contributed by atoms with Crippen molar-refractivity contribution in [1.29, 1.82) is 0 Å². The van der Waals surface area contributed by atoms with Crippen LogP contribution in [0.15, 0.2) is 54.2 Å². The number of carbonyl (C=O) groups is 2. The highest BCUT2D eigenvalue weighted by Crippen LogP contribution is 2.35. The molecular weight excluding hydrogens is 320 g/mol. The minimum atomic E-state index is -0.362. The summed E-state index contributed by atoms with van der Waals surface area (Å²) in [6.45, 7) is 0.995. The number of benzene rings is 2. The van der Waals surface area contributed by atoms with E-state index < -0.39 is 0 Å². The van der Waals surface area contributed by atoms with E-state index >= 15 is 0 Å². The Kier molecular flexibility index (Phi) is 3.65. The molecule has 0 aromatic heterocycles. The molecule has 0 unspecified atom stereocenters. The predicted molar refractivity (Wildman–Crippen MR) is 92.2 cm³/mol. The molecule has 2 amide bonds. The number of nitrogens with zero attached hydrogens (tertiary/aromatic N) is 1. The molecule has 0 aliphatic carbocycles. The number of ether oxygens (including phenoxy) is 2. The molecule has 6 nitrogen and oxygen atoms in total. The summed E-state index contributed by atoms with van der Waals surface area (Å²) in [4.78, 5) is 26.1. The van der Waals surface area contributed by atoms with Crippen LogP contribution in [-0.4, -0.2) is 37.0 Å². The molecule has 1 N–H and O–H groups in total. The lowest BCUT2D eigenvalue weighted by molar-refractivity contribution is -0.135. The van der Waals surface area contributed by atoms with Crippen molar-refractivity contribution in [2.24, 2.45) is 0 Å². The van der Waals surface area contributed by atoms with Crippen LogP contribution in [0.5, 0.6) is 11.5 Å². The summed E-state index contributed by atoms with van der Waals surface area (Å²) < 4.78 is 11.1. The SMILES string of the molecule is CN1C(=O)C(Nc2ccc3c(c2)OCCO3)=C(c2ccccc2)C1=O. The molecule has 2 aromatic rings. The maximum Gasteiger partial charge on any atom is 0.277 e. The quantitative estimate of drug-likeness (QED) is 0.871. The van der Waals surface area contributed by atoms with Gasteiger partial charge in [-0.05, 0) is 17.7 Å². The molecule has 0 saturated heterocycles. The third-order valence-corrected chi connectivity index (χ3v) is 4.16. The minimum Gasteiger partial charge on any atom is -0.486 e. The monoisotopic (exact) mass is 336 g/mol. The number of carbonyl (C=O) groups excluding carboxylic acids is 2. The van der Waals surface area contributed by atoms with E-state index in [1.54, 1.807) is 18.2 Å². The number of fused-ring (bicyclic) bond motifs is 1. The third-order valence-electron chi connectivity index (χ3n) is 4.16. The first-order chi connectivity index (χ1) is 12.1. The molecule has 2 aliphatic heterocycles. The van der Waals surface area contributed by atoms with Crippen LogP contribution in [0.4, 0.5) is 5.69 Å². The van der Waals surface area contributed by atoms with Crippen molar-refractivity contribution < 1.29 is 19.1 Å². The Morgan fingerprint density at radius 1 is 0.920 bits per heavy atom. The third kappa shape index (κ3) is 2.61. The van der Waals surface area contributed by atoms with E-state index in [0.29, 0.717) is 41.5 Å². The van der Waals surface area contributed by atoms with Crippen LogP contribution in [0.1, 0.15) is 5.56 Å². The minimum absolute atomic E-state index is 0.260. The number of amides is 2. The number of hydrogen-bond acceptors (Lipinski definition) is 5. The van der Waals surface area contributed by atoms with Gasteiger partial charge in [0.05, 0.1) is 5.57 Å². The van der Waals surface area contributed by atoms with Crippen LogP contribution < -0.4 is 14.8 Å². The second-order valence-electron chi connectivity index (χ2n) is 5.77. The largest absolute Gasteiger partial charge is 0.486 e. The highest BCUT2D eigenvalue weighted by atomic mass is 16.6. The number of hydrogen-bond donors (Lipinski definition) is 1. The fourth-order valence-electron chi connectivity index (χ4n) is 2.90. The molecule has 2 aromatic carbocycles.